The molecule has 8 nitrogen and oxygen atoms in total. The second-order valence-corrected chi connectivity index (χ2v) is 8.71. The lowest BCUT2D eigenvalue weighted by atomic mass is 10.1. The number of allylic oxidation sites excluding steroid dienone is 1. The Bertz CT molecular complexity index is 1030. The number of oxazole rings is 1. The molecular formula is C23H28FN5O3. The molecule has 2 heterocycles. The summed E-state index contributed by atoms with van der Waals surface area (Å²) >= 11 is 0. The summed E-state index contributed by atoms with van der Waals surface area (Å²) in [4.78, 5) is 18.1. The summed E-state index contributed by atoms with van der Waals surface area (Å²) in [5.74, 6) is 0.553. The minimum atomic E-state index is -0.330. The first-order chi connectivity index (χ1) is 15.6. The average molecular weight is 442 g/mol. The Morgan fingerprint density at radius 3 is 3.00 bits per heavy atom. The molecule has 0 radical (unpaired) electrons. The van der Waals surface area contributed by atoms with Crippen molar-refractivity contribution in [1.82, 2.24) is 21.2 Å². The third-order valence-corrected chi connectivity index (χ3v) is 5.97. The number of aromatic nitrogens is 1. The van der Waals surface area contributed by atoms with Gasteiger partial charge in [0.1, 0.15) is 6.26 Å². The van der Waals surface area contributed by atoms with Crippen LogP contribution < -0.4 is 25.8 Å². The number of nitrogens with one attached hydrogen (secondary N) is 3. The Hall–Kier alpha value is -2.91. The third-order valence-electron chi connectivity index (χ3n) is 5.97. The lowest BCUT2D eigenvalue weighted by molar-refractivity contribution is 0.251. The van der Waals surface area contributed by atoms with E-state index in [1.807, 2.05) is 6.92 Å². The number of anilines is 1. The first kappa shape index (κ1) is 21.0. The monoisotopic (exact) mass is 441 g/mol. The summed E-state index contributed by atoms with van der Waals surface area (Å²) in [6, 6.07) is 5.06. The Labute approximate surface area is 186 Å². The molecule has 0 spiro atoms. The van der Waals surface area contributed by atoms with Crippen LogP contribution in [0.3, 0.4) is 0 Å². The largest absolute Gasteiger partial charge is 0.490 e. The van der Waals surface area contributed by atoms with Gasteiger partial charge in [0.15, 0.2) is 11.6 Å². The van der Waals surface area contributed by atoms with Crippen LogP contribution in [0.5, 0.6) is 5.75 Å². The van der Waals surface area contributed by atoms with Gasteiger partial charge in [0.2, 0.25) is 0 Å². The van der Waals surface area contributed by atoms with E-state index in [-0.39, 0.29) is 17.9 Å². The Kier molecular flexibility index (Phi) is 5.84. The van der Waals surface area contributed by atoms with Gasteiger partial charge in [-0.2, -0.15) is 4.98 Å². The van der Waals surface area contributed by atoms with Gasteiger partial charge in [-0.25, -0.2) is 14.1 Å². The number of carbonyl (C=O) groups excluding carboxylic acids is 1. The normalized spacial score (nSPS) is 18.8. The molecule has 1 aromatic carbocycles. The van der Waals surface area contributed by atoms with Gasteiger partial charge >= 0.3 is 12.0 Å². The summed E-state index contributed by atoms with van der Waals surface area (Å²) in [5, 5.41) is 2.89. The number of hydrogen-bond donors (Lipinski definition) is 3. The predicted octanol–water partition coefficient (Wildman–Crippen LogP) is 3.58. The van der Waals surface area contributed by atoms with Crippen molar-refractivity contribution in [3.63, 3.8) is 0 Å². The van der Waals surface area contributed by atoms with Gasteiger partial charge in [-0.1, -0.05) is 6.07 Å². The highest BCUT2D eigenvalue weighted by Gasteiger charge is 2.33. The van der Waals surface area contributed by atoms with Crippen LogP contribution in [0, 0.1) is 11.7 Å². The fraction of sp³-hybridized carbons (Fsp3) is 0.478. The molecular weight excluding hydrogens is 413 g/mol. The third kappa shape index (κ3) is 4.94. The van der Waals surface area contributed by atoms with E-state index >= 15 is 0 Å². The molecule has 5 rings (SSSR count). The molecule has 9 heteroatoms. The zero-order valence-electron chi connectivity index (χ0n) is 18.1. The van der Waals surface area contributed by atoms with Crippen molar-refractivity contribution in [2.75, 3.05) is 24.6 Å². The van der Waals surface area contributed by atoms with Gasteiger partial charge in [0.05, 0.1) is 18.8 Å². The molecule has 170 valence electrons. The van der Waals surface area contributed by atoms with Crippen LogP contribution in [0.25, 0.3) is 0 Å². The van der Waals surface area contributed by atoms with Gasteiger partial charge in [0, 0.05) is 24.7 Å². The van der Waals surface area contributed by atoms with E-state index in [1.54, 1.807) is 18.4 Å². The lowest BCUT2D eigenvalue weighted by Gasteiger charge is -2.16. The number of ether oxygens (including phenoxy) is 1. The van der Waals surface area contributed by atoms with Gasteiger partial charge in [0.25, 0.3) is 0 Å². The molecule has 1 unspecified atom stereocenters. The summed E-state index contributed by atoms with van der Waals surface area (Å²) in [6.45, 7) is 3.69. The van der Waals surface area contributed by atoms with E-state index in [1.165, 1.54) is 29.4 Å². The van der Waals surface area contributed by atoms with Crippen LogP contribution in [0.2, 0.25) is 0 Å². The first-order valence-electron chi connectivity index (χ1n) is 11.2. The molecule has 2 aliphatic carbocycles. The van der Waals surface area contributed by atoms with E-state index in [2.05, 4.69) is 21.2 Å². The van der Waals surface area contributed by atoms with Gasteiger partial charge < -0.3 is 14.5 Å². The number of rotatable bonds is 10. The zero-order chi connectivity index (χ0) is 22.1. The molecule has 2 saturated carbocycles. The fourth-order valence-corrected chi connectivity index (χ4v) is 3.61. The van der Waals surface area contributed by atoms with E-state index in [4.69, 9.17) is 9.15 Å². The molecule has 1 aliphatic heterocycles. The SMILES string of the molecule is CC(NNCCc1coc(N2CC(=C3CC3)NC2=O)n1)c1ccc(F)c(OCC2CC2)c1. The van der Waals surface area contributed by atoms with E-state index in [9.17, 15) is 9.18 Å². The van der Waals surface area contributed by atoms with E-state index in [0.29, 0.717) is 43.8 Å². The molecule has 3 fully saturated rings. The number of hydrazine groups is 1. The van der Waals surface area contributed by atoms with Crippen molar-refractivity contribution in [3.8, 4) is 5.75 Å². The quantitative estimate of drug-likeness (QED) is 0.386. The highest BCUT2D eigenvalue weighted by Crippen LogP contribution is 2.33. The second kappa shape index (κ2) is 8.91. The molecule has 1 saturated heterocycles. The van der Waals surface area contributed by atoms with Crippen LogP contribution in [-0.2, 0) is 6.42 Å². The molecule has 1 aromatic heterocycles. The minimum absolute atomic E-state index is 0.0334. The summed E-state index contributed by atoms with van der Waals surface area (Å²) in [7, 11) is 0. The summed E-state index contributed by atoms with van der Waals surface area (Å²) in [5.41, 5.74) is 10.4. The number of urea groups is 1. The molecule has 32 heavy (non-hydrogen) atoms. The minimum Gasteiger partial charge on any atom is -0.490 e. The molecule has 3 N–H and O–H groups in total. The number of halogens is 1. The van der Waals surface area contributed by atoms with Crippen molar-refractivity contribution in [3.05, 3.63) is 52.8 Å². The van der Waals surface area contributed by atoms with Gasteiger partial charge in [-0.15, -0.1) is 0 Å². The van der Waals surface area contributed by atoms with Crippen LogP contribution in [-0.4, -0.2) is 30.7 Å². The van der Waals surface area contributed by atoms with Gasteiger partial charge in [-0.05, 0) is 61.8 Å². The molecule has 2 aromatic rings. The Morgan fingerprint density at radius 2 is 2.22 bits per heavy atom. The second-order valence-electron chi connectivity index (χ2n) is 8.71. The van der Waals surface area contributed by atoms with Crippen LogP contribution in [0.1, 0.15) is 49.9 Å². The predicted molar refractivity (Wildman–Crippen MR) is 117 cm³/mol. The van der Waals surface area contributed by atoms with Crippen LogP contribution >= 0.6 is 0 Å². The molecule has 0 bridgehead atoms. The average Bonchev–Trinajstić information content (AvgIpc) is 3.71. The van der Waals surface area contributed by atoms with E-state index < -0.39 is 0 Å². The Morgan fingerprint density at radius 1 is 1.38 bits per heavy atom. The lowest BCUT2D eigenvalue weighted by Crippen LogP contribution is -2.35. The number of nitrogens with zero attached hydrogens (tertiary/aromatic N) is 2. The number of hydrogen-bond acceptors (Lipinski definition) is 6. The number of amides is 2. The summed E-state index contributed by atoms with van der Waals surface area (Å²) < 4.78 is 25.1. The van der Waals surface area contributed by atoms with E-state index in [0.717, 1.165) is 29.8 Å². The van der Waals surface area contributed by atoms with Crippen molar-refractivity contribution in [2.24, 2.45) is 5.92 Å². The van der Waals surface area contributed by atoms with Crippen molar-refractivity contribution in [1.29, 1.82) is 0 Å². The summed E-state index contributed by atoms with van der Waals surface area (Å²) in [6.07, 6.45) is 6.67. The topological polar surface area (TPSA) is 91.7 Å². The standard InChI is InChI=1S/C23H28FN5O3/c1-14(17-6-7-19(24)21(10-17)31-12-15-2-3-15)28-25-9-8-18-13-32-23(26-18)29-11-20(16-4-5-16)27-22(29)30/h6-7,10,13-15,25,28H,2-5,8-9,11-12H2,1H3,(H,27,30). The maximum absolute atomic E-state index is 14.0. The molecule has 1 atom stereocenters. The number of carbonyl (C=O) groups is 1. The number of benzene rings is 1. The van der Waals surface area contributed by atoms with Crippen molar-refractivity contribution < 1.29 is 18.3 Å². The maximum Gasteiger partial charge on any atom is 0.330 e. The molecule has 2 amide bonds. The maximum atomic E-state index is 14.0. The zero-order valence-corrected chi connectivity index (χ0v) is 18.1. The fourth-order valence-electron chi connectivity index (χ4n) is 3.61. The van der Waals surface area contributed by atoms with Crippen molar-refractivity contribution in [2.45, 2.75) is 45.1 Å². The van der Waals surface area contributed by atoms with Gasteiger partial charge in [-0.3, -0.25) is 10.9 Å². The highest BCUT2D eigenvalue weighted by molar-refractivity contribution is 5.94. The smallest absolute Gasteiger partial charge is 0.330 e. The highest BCUT2D eigenvalue weighted by atomic mass is 19.1. The van der Waals surface area contributed by atoms with Crippen LogP contribution in [0.4, 0.5) is 15.2 Å². The van der Waals surface area contributed by atoms with Crippen LogP contribution in [0.15, 0.2) is 40.1 Å². The Balaban J connectivity index is 1.08. The first-order valence-corrected chi connectivity index (χ1v) is 11.2. The molecule has 3 aliphatic rings. The van der Waals surface area contributed by atoms with Crippen molar-refractivity contribution >= 4 is 12.0 Å².